The number of halogens is 1. The molecule has 1 unspecified atom stereocenters. The Kier molecular flexibility index (Phi) is 12.1. The van der Waals surface area contributed by atoms with E-state index in [1.165, 1.54) is 6.26 Å². The Hall–Kier alpha value is -2.11. The molecular formula is C23H33IN4O4. The summed E-state index contributed by atoms with van der Waals surface area (Å²) in [5, 5.41) is 9.40. The molecule has 176 valence electrons. The summed E-state index contributed by atoms with van der Waals surface area (Å²) < 4.78 is 16.2. The molecule has 2 heterocycles. The number of carbonyl (C=O) groups excluding carboxylic acids is 1. The van der Waals surface area contributed by atoms with Gasteiger partial charge in [-0.05, 0) is 49.6 Å². The van der Waals surface area contributed by atoms with Crippen LogP contribution in [-0.2, 0) is 16.0 Å². The van der Waals surface area contributed by atoms with E-state index >= 15 is 0 Å². The number of hydrogen-bond donors (Lipinski definition) is 3. The predicted octanol–water partition coefficient (Wildman–Crippen LogP) is 3.65. The van der Waals surface area contributed by atoms with Gasteiger partial charge in [0.1, 0.15) is 0 Å². The van der Waals surface area contributed by atoms with Gasteiger partial charge in [-0.1, -0.05) is 12.1 Å². The summed E-state index contributed by atoms with van der Waals surface area (Å²) >= 11 is 0. The molecule has 0 bridgehead atoms. The number of ether oxygens (including phenoxy) is 2. The maximum absolute atomic E-state index is 12.0. The van der Waals surface area contributed by atoms with E-state index in [9.17, 15) is 4.79 Å². The molecular weight excluding hydrogens is 523 g/mol. The summed E-state index contributed by atoms with van der Waals surface area (Å²) in [4.78, 5) is 16.7. The highest BCUT2D eigenvalue weighted by Gasteiger charge is 2.15. The highest BCUT2D eigenvalue weighted by atomic mass is 127. The van der Waals surface area contributed by atoms with Gasteiger partial charge in [-0.2, -0.15) is 0 Å². The first-order valence-corrected chi connectivity index (χ1v) is 10.9. The average molecular weight is 556 g/mol. The largest absolute Gasteiger partial charge is 0.459 e. The molecule has 0 spiro atoms. The Labute approximate surface area is 206 Å². The first-order valence-electron chi connectivity index (χ1n) is 10.9. The molecule has 1 atom stereocenters. The molecule has 0 radical (unpaired) electrons. The van der Waals surface area contributed by atoms with Gasteiger partial charge in [0.25, 0.3) is 5.91 Å². The molecule has 9 heteroatoms. The van der Waals surface area contributed by atoms with Crippen molar-refractivity contribution in [3.05, 3.63) is 54.0 Å². The molecule has 1 aliphatic heterocycles. The topological polar surface area (TPSA) is 97.1 Å². The Morgan fingerprint density at radius 1 is 1.22 bits per heavy atom. The summed E-state index contributed by atoms with van der Waals surface area (Å²) in [5.41, 5.74) is 1.76. The fourth-order valence-corrected chi connectivity index (χ4v) is 3.15. The molecule has 3 rings (SSSR count). The summed E-state index contributed by atoms with van der Waals surface area (Å²) in [6, 6.07) is 10.9. The number of amides is 1. The van der Waals surface area contributed by atoms with E-state index in [0.717, 1.165) is 63.9 Å². The molecule has 1 aromatic carbocycles. The quantitative estimate of drug-likeness (QED) is 0.169. The van der Waals surface area contributed by atoms with E-state index in [-0.39, 0.29) is 35.6 Å². The lowest BCUT2D eigenvalue weighted by Gasteiger charge is -2.12. The third-order valence-electron chi connectivity index (χ3n) is 4.86. The minimum atomic E-state index is -0.269. The zero-order valence-electron chi connectivity index (χ0n) is 18.5. The van der Waals surface area contributed by atoms with Gasteiger partial charge in [-0.3, -0.25) is 4.79 Å². The molecule has 8 nitrogen and oxygen atoms in total. The van der Waals surface area contributed by atoms with Crippen LogP contribution in [0.2, 0.25) is 0 Å². The molecule has 1 aliphatic rings. The molecule has 1 aromatic heterocycles. The van der Waals surface area contributed by atoms with Crippen LogP contribution in [-0.4, -0.2) is 51.4 Å². The molecule has 2 aromatic rings. The summed E-state index contributed by atoms with van der Waals surface area (Å²) in [7, 11) is 0. The number of rotatable bonds is 11. The molecule has 3 N–H and O–H groups in total. The van der Waals surface area contributed by atoms with Gasteiger partial charge < -0.3 is 29.8 Å². The van der Waals surface area contributed by atoms with E-state index in [1.807, 2.05) is 31.2 Å². The van der Waals surface area contributed by atoms with E-state index in [1.54, 1.807) is 12.1 Å². The van der Waals surface area contributed by atoms with Gasteiger partial charge in [0, 0.05) is 37.9 Å². The van der Waals surface area contributed by atoms with Crippen LogP contribution in [0.3, 0.4) is 0 Å². The molecule has 1 saturated heterocycles. The van der Waals surface area contributed by atoms with Crippen LogP contribution in [0.15, 0.2) is 52.1 Å². The van der Waals surface area contributed by atoms with Gasteiger partial charge in [-0.15, -0.1) is 24.0 Å². The van der Waals surface area contributed by atoms with Crippen LogP contribution in [0.5, 0.6) is 0 Å². The van der Waals surface area contributed by atoms with E-state index in [4.69, 9.17) is 13.9 Å². The number of benzene rings is 1. The zero-order chi connectivity index (χ0) is 21.7. The Morgan fingerprint density at radius 2 is 2.06 bits per heavy atom. The second-order valence-electron chi connectivity index (χ2n) is 7.41. The SMILES string of the molecule is CCNC(=NCc1ccc(NC(=O)c2ccco2)cc1)NCCCOCC1CCOC1.I. The molecule has 1 amide bonds. The Balaban J connectivity index is 0.00000363. The standard InChI is InChI=1S/C23H32N4O4.HI/c1-2-24-23(25-11-4-12-29-16-19-10-14-30-17-19)26-15-18-6-8-20(9-7-18)27-22(28)21-5-3-13-31-21;/h3,5-9,13,19H,2,4,10-12,14-17H2,1H3,(H,27,28)(H2,24,25,26);1H. The minimum Gasteiger partial charge on any atom is -0.459 e. The van der Waals surface area contributed by atoms with Crippen molar-refractivity contribution in [2.45, 2.75) is 26.3 Å². The number of aliphatic imine (C=N–C) groups is 1. The van der Waals surface area contributed by atoms with Crippen LogP contribution in [0.1, 0.15) is 35.9 Å². The van der Waals surface area contributed by atoms with E-state index in [0.29, 0.717) is 18.2 Å². The monoisotopic (exact) mass is 556 g/mol. The van der Waals surface area contributed by atoms with Crippen molar-refractivity contribution in [3.63, 3.8) is 0 Å². The molecule has 1 fully saturated rings. The maximum atomic E-state index is 12.0. The number of nitrogens with zero attached hydrogens (tertiary/aromatic N) is 1. The number of furan rings is 1. The summed E-state index contributed by atoms with van der Waals surface area (Å²) in [6.45, 7) is 7.38. The molecule has 32 heavy (non-hydrogen) atoms. The van der Waals surface area contributed by atoms with Crippen LogP contribution in [0, 0.1) is 5.92 Å². The third-order valence-corrected chi connectivity index (χ3v) is 4.86. The van der Waals surface area contributed by atoms with Gasteiger partial charge in [0.05, 0.1) is 26.0 Å². The smallest absolute Gasteiger partial charge is 0.291 e. The van der Waals surface area contributed by atoms with Gasteiger partial charge >= 0.3 is 0 Å². The number of carbonyl (C=O) groups is 1. The number of guanidine groups is 1. The Bertz CT molecular complexity index is 806. The first-order chi connectivity index (χ1) is 15.2. The van der Waals surface area contributed by atoms with Crippen LogP contribution in [0.25, 0.3) is 0 Å². The van der Waals surface area contributed by atoms with Crippen molar-refractivity contribution < 1.29 is 18.7 Å². The van der Waals surface area contributed by atoms with Crippen molar-refractivity contribution in [3.8, 4) is 0 Å². The molecule has 0 saturated carbocycles. The normalized spacial score (nSPS) is 15.8. The Morgan fingerprint density at radius 3 is 2.75 bits per heavy atom. The van der Waals surface area contributed by atoms with E-state index in [2.05, 4.69) is 20.9 Å². The van der Waals surface area contributed by atoms with Crippen LogP contribution in [0.4, 0.5) is 5.69 Å². The second kappa shape index (κ2) is 14.9. The number of nitrogens with one attached hydrogen (secondary N) is 3. The highest BCUT2D eigenvalue weighted by Crippen LogP contribution is 2.13. The highest BCUT2D eigenvalue weighted by molar-refractivity contribution is 14.0. The zero-order valence-corrected chi connectivity index (χ0v) is 20.8. The maximum Gasteiger partial charge on any atom is 0.291 e. The lowest BCUT2D eigenvalue weighted by Crippen LogP contribution is -2.38. The van der Waals surface area contributed by atoms with Gasteiger partial charge in [-0.25, -0.2) is 4.99 Å². The summed E-state index contributed by atoms with van der Waals surface area (Å²) in [6.07, 6.45) is 3.50. The number of hydrogen-bond acceptors (Lipinski definition) is 5. The fraction of sp³-hybridized carbons (Fsp3) is 0.478. The van der Waals surface area contributed by atoms with E-state index < -0.39 is 0 Å². The fourth-order valence-electron chi connectivity index (χ4n) is 3.15. The minimum absolute atomic E-state index is 0. The third kappa shape index (κ3) is 9.17. The van der Waals surface area contributed by atoms with Crippen LogP contribution < -0.4 is 16.0 Å². The number of anilines is 1. The predicted molar refractivity (Wildman–Crippen MR) is 136 cm³/mol. The molecule has 0 aliphatic carbocycles. The summed E-state index contributed by atoms with van der Waals surface area (Å²) in [5.74, 6) is 1.35. The van der Waals surface area contributed by atoms with Gasteiger partial charge in [0.2, 0.25) is 0 Å². The van der Waals surface area contributed by atoms with Crippen LogP contribution >= 0.6 is 24.0 Å². The van der Waals surface area contributed by atoms with Crippen molar-refractivity contribution in [1.29, 1.82) is 0 Å². The lowest BCUT2D eigenvalue weighted by atomic mass is 10.1. The first kappa shape index (κ1) is 26.1. The second-order valence-corrected chi connectivity index (χ2v) is 7.41. The van der Waals surface area contributed by atoms with Crippen molar-refractivity contribution >= 4 is 41.5 Å². The average Bonchev–Trinajstić information content (AvgIpc) is 3.50. The van der Waals surface area contributed by atoms with Crippen molar-refractivity contribution in [2.75, 3.05) is 44.8 Å². The van der Waals surface area contributed by atoms with Gasteiger partial charge in [0.15, 0.2) is 11.7 Å². The van der Waals surface area contributed by atoms with Crippen molar-refractivity contribution in [1.82, 2.24) is 10.6 Å². The van der Waals surface area contributed by atoms with Crippen molar-refractivity contribution in [2.24, 2.45) is 10.9 Å². The lowest BCUT2D eigenvalue weighted by molar-refractivity contribution is 0.0888.